The standard InChI is InChI=1S/C9H11N3O4S2/c1-6-8(2-7(4-13)17-6)18(14,15)11-3-9-10-5-16-12-9/h2,5,11,13H,3-4H2,1H3. The molecule has 2 aromatic heterocycles. The first-order valence-electron chi connectivity index (χ1n) is 4.98. The number of nitrogens with one attached hydrogen (secondary N) is 1. The van der Waals surface area contributed by atoms with Crippen molar-refractivity contribution in [1.29, 1.82) is 0 Å². The Bertz CT molecular complexity index is 618. The van der Waals surface area contributed by atoms with Crippen LogP contribution in [0.1, 0.15) is 15.6 Å². The van der Waals surface area contributed by atoms with Crippen LogP contribution in [-0.2, 0) is 23.2 Å². The fourth-order valence-electron chi connectivity index (χ4n) is 1.38. The summed E-state index contributed by atoms with van der Waals surface area (Å²) < 4.78 is 30.9. The minimum atomic E-state index is -3.63. The van der Waals surface area contributed by atoms with Crippen molar-refractivity contribution < 1.29 is 18.0 Å². The molecule has 2 rings (SSSR count). The molecule has 0 aliphatic rings. The van der Waals surface area contributed by atoms with Crippen molar-refractivity contribution in [3.8, 4) is 0 Å². The van der Waals surface area contributed by atoms with Gasteiger partial charge in [-0.25, -0.2) is 13.1 Å². The van der Waals surface area contributed by atoms with Gasteiger partial charge in [0.1, 0.15) is 0 Å². The van der Waals surface area contributed by atoms with E-state index in [-0.39, 0.29) is 23.9 Å². The summed E-state index contributed by atoms with van der Waals surface area (Å²) >= 11 is 1.25. The predicted octanol–water partition coefficient (Wildman–Crippen LogP) is 0.410. The van der Waals surface area contributed by atoms with Gasteiger partial charge in [0.05, 0.1) is 18.0 Å². The fourth-order valence-corrected chi connectivity index (χ4v) is 3.85. The highest BCUT2D eigenvalue weighted by Crippen LogP contribution is 2.25. The average Bonchev–Trinajstić information content (AvgIpc) is 2.95. The van der Waals surface area contributed by atoms with Crippen LogP contribution in [0.15, 0.2) is 21.9 Å². The van der Waals surface area contributed by atoms with E-state index in [0.717, 1.165) is 6.39 Å². The molecule has 0 saturated heterocycles. The van der Waals surface area contributed by atoms with Gasteiger partial charge in [-0.1, -0.05) is 5.16 Å². The first-order chi connectivity index (χ1) is 8.53. The lowest BCUT2D eigenvalue weighted by atomic mass is 10.4. The maximum Gasteiger partial charge on any atom is 0.242 e. The Balaban J connectivity index is 2.17. The van der Waals surface area contributed by atoms with Crippen LogP contribution in [0.4, 0.5) is 0 Å². The number of hydrogen-bond donors (Lipinski definition) is 2. The van der Waals surface area contributed by atoms with Crippen molar-refractivity contribution in [3.05, 3.63) is 28.0 Å². The number of thiophene rings is 1. The maximum atomic E-state index is 12.0. The lowest BCUT2D eigenvalue weighted by Gasteiger charge is -2.03. The Labute approximate surface area is 108 Å². The van der Waals surface area contributed by atoms with Crippen LogP contribution in [0.25, 0.3) is 0 Å². The third-order valence-corrected chi connectivity index (χ3v) is 4.89. The molecule has 2 aromatic rings. The summed E-state index contributed by atoms with van der Waals surface area (Å²) in [6.07, 6.45) is 1.13. The molecule has 0 saturated carbocycles. The molecule has 0 bridgehead atoms. The van der Waals surface area contributed by atoms with Crippen molar-refractivity contribution in [2.45, 2.75) is 25.0 Å². The van der Waals surface area contributed by atoms with Crippen LogP contribution in [-0.4, -0.2) is 23.7 Å². The van der Waals surface area contributed by atoms with E-state index in [1.807, 2.05) is 0 Å². The number of aromatic nitrogens is 2. The second kappa shape index (κ2) is 5.14. The van der Waals surface area contributed by atoms with Crippen LogP contribution in [0.3, 0.4) is 0 Å². The molecule has 98 valence electrons. The molecule has 0 aliphatic heterocycles. The molecule has 0 aromatic carbocycles. The Morgan fingerprint density at radius 3 is 2.89 bits per heavy atom. The van der Waals surface area contributed by atoms with Crippen LogP contribution in [0.2, 0.25) is 0 Å². The van der Waals surface area contributed by atoms with Crippen LogP contribution in [0, 0.1) is 6.92 Å². The van der Waals surface area contributed by atoms with Crippen molar-refractivity contribution in [3.63, 3.8) is 0 Å². The van der Waals surface area contributed by atoms with E-state index in [9.17, 15) is 8.42 Å². The third-order valence-electron chi connectivity index (χ3n) is 2.20. The molecule has 0 atom stereocenters. The Kier molecular flexibility index (Phi) is 3.76. The average molecular weight is 289 g/mol. The minimum Gasteiger partial charge on any atom is -0.391 e. The van der Waals surface area contributed by atoms with Crippen molar-refractivity contribution in [2.24, 2.45) is 0 Å². The Hall–Kier alpha value is -1.29. The summed E-state index contributed by atoms with van der Waals surface area (Å²) in [5.74, 6) is 0.258. The minimum absolute atomic E-state index is 0.0391. The van der Waals surface area contributed by atoms with Crippen LogP contribution in [0.5, 0.6) is 0 Å². The van der Waals surface area contributed by atoms with Gasteiger partial charge in [-0.3, -0.25) is 0 Å². The molecule has 0 spiro atoms. The van der Waals surface area contributed by atoms with Gasteiger partial charge < -0.3 is 9.63 Å². The summed E-state index contributed by atoms with van der Waals surface area (Å²) in [4.78, 5) is 5.11. The molecule has 0 aliphatic carbocycles. The zero-order valence-electron chi connectivity index (χ0n) is 9.45. The zero-order chi connectivity index (χ0) is 13.2. The van der Waals surface area contributed by atoms with Gasteiger partial charge in [-0.15, -0.1) is 11.3 Å². The van der Waals surface area contributed by atoms with E-state index in [1.54, 1.807) is 6.92 Å². The van der Waals surface area contributed by atoms with Gasteiger partial charge in [-0.2, -0.15) is 4.98 Å². The highest BCUT2D eigenvalue weighted by molar-refractivity contribution is 7.89. The first-order valence-corrected chi connectivity index (χ1v) is 7.28. The molecule has 0 radical (unpaired) electrons. The van der Waals surface area contributed by atoms with E-state index in [4.69, 9.17) is 5.11 Å². The monoisotopic (exact) mass is 289 g/mol. The molecule has 2 heterocycles. The number of aliphatic hydroxyl groups is 1. The largest absolute Gasteiger partial charge is 0.391 e. The molecule has 9 heteroatoms. The van der Waals surface area contributed by atoms with E-state index < -0.39 is 10.0 Å². The lowest BCUT2D eigenvalue weighted by Crippen LogP contribution is -2.23. The van der Waals surface area contributed by atoms with E-state index >= 15 is 0 Å². The molecule has 18 heavy (non-hydrogen) atoms. The number of hydrogen-bond acceptors (Lipinski definition) is 7. The highest BCUT2D eigenvalue weighted by atomic mass is 32.2. The molecule has 0 unspecified atom stereocenters. The maximum absolute atomic E-state index is 12.0. The molecule has 0 amide bonds. The first kappa shape index (κ1) is 13.1. The zero-order valence-corrected chi connectivity index (χ0v) is 11.1. The number of aryl methyl sites for hydroxylation is 1. The lowest BCUT2D eigenvalue weighted by molar-refractivity contribution is 0.285. The molecule has 7 nitrogen and oxygen atoms in total. The topological polar surface area (TPSA) is 105 Å². The van der Waals surface area contributed by atoms with Gasteiger partial charge in [0.25, 0.3) is 0 Å². The second-order valence-corrected chi connectivity index (χ2v) is 6.54. The van der Waals surface area contributed by atoms with Crippen molar-refractivity contribution in [2.75, 3.05) is 0 Å². The van der Waals surface area contributed by atoms with Crippen LogP contribution < -0.4 is 4.72 Å². The Morgan fingerprint density at radius 1 is 1.56 bits per heavy atom. The summed E-state index contributed by atoms with van der Waals surface area (Å²) in [5, 5.41) is 12.5. The predicted molar refractivity (Wildman–Crippen MR) is 63.3 cm³/mol. The quantitative estimate of drug-likeness (QED) is 0.826. The fraction of sp³-hybridized carbons (Fsp3) is 0.333. The van der Waals surface area contributed by atoms with Crippen molar-refractivity contribution in [1.82, 2.24) is 14.9 Å². The normalized spacial score (nSPS) is 11.9. The number of aliphatic hydroxyl groups excluding tert-OH is 1. The van der Waals surface area contributed by atoms with Gasteiger partial charge in [0.2, 0.25) is 16.4 Å². The Morgan fingerprint density at radius 2 is 2.33 bits per heavy atom. The molecule has 2 N–H and O–H groups in total. The van der Waals surface area contributed by atoms with E-state index in [1.165, 1.54) is 17.4 Å². The van der Waals surface area contributed by atoms with Gasteiger partial charge >= 0.3 is 0 Å². The van der Waals surface area contributed by atoms with E-state index in [2.05, 4.69) is 19.4 Å². The number of rotatable bonds is 5. The summed E-state index contributed by atoms with van der Waals surface area (Å²) in [6, 6.07) is 1.46. The smallest absolute Gasteiger partial charge is 0.242 e. The summed E-state index contributed by atoms with van der Waals surface area (Å²) in [7, 11) is -3.63. The SMILES string of the molecule is Cc1sc(CO)cc1S(=O)(=O)NCc1ncon1. The van der Waals surface area contributed by atoms with Gasteiger partial charge in [0.15, 0.2) is 5.82 Å². The van der Waals surface area contributed by atoms with Gasteiger partial charge in [0, 0.05) is 9.75 Å². The molecular weight excluding hydrogens is 278 g/mol. The molecular formula is C9H11N3O4S2. The number of sulfonamides is 1. The van der Waals surface area contributed by atoms with E-state index in [0.29, 0.717) is 9.75 Å². The number of nitrogens with zero attached hydrogens (tertiary/aromatic N) is 2. The summed E-state index contributed by atoms with van der Waals surface area (Å²) in [6.45, 7) is 1.47. The second-order valence-electron chi connectivity index (χ2n) is 3.46. The molecule has 0 fully saturated rings. The summed E-state index contributed by atoms with van der Waals surface area (Å²) in [5.41, 5.74) is 0. The van der Waals surface area contributed by atoms with Crippen LogP contribution >= 0.6 is 11.3 Å². The third kappa shape index (κ3) is 2.75. The van der Waals surface area contributed by atoms with Gasteiger partial charge in [-0.05, 0) is 13.0 Å². The highest BCUT2D eigenvalue weighted by Gasteiger charge is 2.20. The van der Waals surface area contributed by atoms with Crippen molar-refractivity contribution >= 4 is 21.4 Å².